The van der Waals surface area contributed by atoms with E-state index in [4.69, 9.17) is 16.3 Å². The highest BCUT2D eigenvalue weighted by Crippen LogP contribution is 2.36. The van der Waals surface area contributed by atoms with Crippen molar-refractivity contribution in [1.82, 2.24) is 10.3 Å². The molecule has 0 spiro atoms. The third-order valence-electron chi connectivity index (χ3n) is 3.39. The molecule has 3 nitrogen and oxygen atoms in total. The number of nitrogens with zero attached hydrogens (tertiary/aromatic N) is 1. The van der Waals surface area contributed by atoms with Crippen LogP contribution in [0.4, 0.5) is 0 Å². The van der Waals surface area contributed by atoms with Gasteiger partial charge in [0.05, 0.1) is 26.9 Å². The van der Waals surface area contributed by atoms with Gasteiger partial charge in [0.1, 0.15) is 0 Å². The molecule has 1 N–H and O–H groups in total. The van der Waals surface area contributed by atoms with Crippen molar-refractivity contribution in [2.24, 2.45) is 0 Å². The SMILES string of the molecule is COCCNCc1ccc(-c2cc3cccc(Cl)c3s2)nc1. The number of nitrogens with one attached hydrogen (secondary N) is 1. The van der Waals surface area contributed by atoms with Gasteiger partial charge in [0.2, 0.25) is 0 Å². The summed E-state index contributed by atoms with van der Waals surface area (Å²) in [7, 11) is 1.70. The minimum absolute atomic E-state index is 0.716. The van der Waals surface area contributed by atoms with E-state index in [9.17, 15) is 0 Å². The van der Waals surface area contributed by atoms with Crippen LogP contribution in [0.5, 0.6) is 0 Å². The highest BCUT2D eigenvalue weighted by Gasteiger charge is 2.07. The van der Waals surface area contributed by atoms with E-state index in [1.54, 1.807) is 18.4 Å². The molecule has 0 unspecified atom stereocenters. The van der Waals surface area contributed by atoms with Gasteiger partial charge in [-0.3, -0.25) is 4.98 Å². The molecule has 0 aliphatic rings. The zero-order chi connectivity index (χ0) is 15.4. The minimum Gasteiger partial charge on any atom is -0.383 e. The number of rotatable bonds is 6. The van der Waals surface area contributed by atoms with E-state index in [1.165, 1.54) is 10.9 Å². The van der Waals surface area contributed by atoms with Gasteiger partial charge in [0.25, 0.3) is 0 Å². The third kappa shape index (κ3) is 3.47. The molecule has 2 heterocycles. The Balaban J connectivity index is 1.75. The Morgan fingerprint density at radius 1 is 1.27 bits per heavy atom. The molecule has 5 heteroatoms. The summed E-state index contributed by atoms with van der Waals surface area (Å²) in [4.78, 5) is 5.71. The van der Waals surface area contributed by atoms with Crippen molar-refractivity contribution >= 4 is 33.0 Å². The molecule has 3 aromatic rings. The number of fused-ring (bicyclic) bond motifs is 1. The number of benzene rings is 1. The van der Waals surface area contributed by atoms with E-state index in [2.05, 4.69) is 34.6 Å². The van der Waals surface area contributed by atoms with Gasteiger partial charge in [0, 0.05) is 26.4 Å². The largest absolute Gasteiger partial charge is 0.383 e. The average molecular weight is 333 g/mol. The number of aromatic nitrogens is 1. The first kappa shape index (κ1) is 15.4. The average Bonchev–Trinajstić information content (AvgIpc) is 2.98. The quantitative estimate of drug-likeness (QED) is 0.681. The molecular weight excluding hydrogens is 316 g/mol. The molecule has 0 atom stereocenters. The van der Waals surface area contributed by atoms with Crippen molar-refractivity contribution < 1.29 is 4.74 Å². The van der Waals surface area contributed by atoms with Crippen LogP contribution in [0.25, 0.3) is 20.7 Å². The van der Waals surface area contributed by atoms with Crippen molar-refractivity contribution in [3.8, 4) is 10.6 Å². The van der Waals surface area contributed by atoms with Crippen molar-refractivity contribution in [2.45, 2.75) is 6.54 Å². The molecule has 0 amide bonds. The van der Waals surface area contributed by atoms with Crippen molar-refractivity contribution in [3.63, 3.8) is 0 Å². The van der Waals surface area contributed by atoms with Gasteiger partial charge in [-0.2, -0.15) is 0 Å². The van der Waals surface area contributed by atoms with Crippen LogP contribution in [0, 0.1) is 0 Å². The lowest BCUT2D eigenvalue weighted by atomic mass is 10.2. The van der Waals surface area contributed by atoms with E-state index >= 15 is 0 Å². The summed E-state index contributed by atoms with van der Waals surface area (Å²) in [5.41, 5.74) is 2.15. The zero-order valence-corrected chi connectivity index (χ0v) is 13.9. The number of hydrogen-bond acceptors (Lipinski definition) is 4. The van der Waals surface area contributed by atoms with Gasteiger partial charge in [-0.25, -0.2) is 0 Å². The molecule has 0 fully saturated rings. The third-order valence-corrected chi connectivity index (χ3v) is 5.02. The van der Waals surface area contributed by atoms with Crippen molar-refractivity contribution in [3.05, 3.63) is 53.2 Å². The van der Waals surface area contributed by atoms with Gasteiger partial charge >= 0.3 is 0 Å². The van der Waals surface area contributed by atoms with Crippen molar-refractivity contribution in [1.29, 1.82) is 0 Å². The predicted molar refractivity (Wildman–Crippen MR) is 93.6 cm³/mol. The fourth-order valence-corrected chi connectivity index (χ4v) is 3.57. The minimum atomic E-state index is 0.716. The number of thiophene rings is 1. The van der Waals surface area contributed by atoms with E-state index in [1.807, 2.05) is 18.3 Å². The van der Waals surface area contributed by atoms with E-state index in [-0.39, 0.29) is 0 Å². The second-order valence-corrected chi connectivity index (χ2v) is 6.45. The summed E-state index contributed by atoms with van der Waals surface area (Å²) in [5.74, 6) is 0. The highest BCUT2D eigenvalue weighted by molar-refractivity contribution is 7.22. The summed E-state index contributed by atoms with van der Waals surface area (Å²) in [6.45, 7) is 2.36. The predicted octanol–water partition coefficient (Wildman–Crippen LogP) is 4.35. The first-order chi connectivity index (χ1) is 10.8. The topological polar surface area (TPSA) is 34.1 Å². The Bertz CT molecular complexity index is 755. The number of halogens is 1. The van der Waals surface area contributed by atoms with Crippen LogP contribution in [0.15, 0.2) is 42.6 Å². The van der Waals surface area contributed by atoms with Crippen LogP contribution in [0.2, 0.25) is 5.02 Å². The summed E-state index contributed by atoms with van der Waals surface area (Å²) < 4.78 is 6.12. The van der Waals surface area contributed by atoms with Gasteiger partial charge < -0.3 is 10.1 Å². The second-order valence-electron chi connectivity index (χ2n) is 4.99. The molecule has 0 saturated heterocycles. The van der Waals surface area contributed by atoms with Crippen LogP contribution in [0.3, 0.4) is 0 Å². The maximum atomic E-state index is 6.24. The molecule has 1 aromatic carbocycles. The van der Waals surface area contributed by atoms with E-state index < -0.39 is 0 Å². The maximum absolute atomic E-state index is 6.24. The Labute approximate surface area is 138 Å². The van der Waals surface area contributed by atoms with Crippen LogP contribution in [0.1, 0.15) is 5.56 Å². The van der Waals surface area contributed by atoms with Gasteiger partial charge in [-0.05, 0) is 29.1 Å². The Morgan fingerprint density at radius 3 is 2.91 bits per heavy atom. The van der Waals surface area contributed by atoms with Crippen LogP contribution < -0.4 is 5.32 Å². The first-order valence-electron chi connectivity index (χ1n) is 7.11. The second kappa shape index (κ2) is 7.20. The Hall–Kier alpha value is -1.46. The monoisotopic (exact) mass is 332 g/mol. The molecule has 114 valence electrons. The first-order valence-corrected chi connectivity index (χ1v) is 8.30. The molecule has 0 radical (unpaired) electrons. The van der Waals surface area contributed by atoms with E-state index in [0.29, 0.717) is 6.61 Å². The molecule has 22 heavy (non-hydrogen) atoms. The van der Waals surface area contributed by atoms with Crippen LogP contribution in [-0.4, -0.2) is 25.2 Å². The molecule has 0 bridgehead atoms. The Morgan fingerprint density at radius 2 is 2.18 bits per heavy atom. The molecular formula is C17H17ClN2OS. The van der Waals surface area contributed by atoms with Crippen molar-refractivity contribution in [2.75, 3.05) is 20.3 Å². The van der Waals surface area contributed by atoms with E-state index in [0.717, 1.165) is 33.4 Å². The van der Waals surface area contributed by atoms with Crippen LogP contribution >= 0.6 is 22.9 Å². The molecule has 0 aliphatic heterocycles. The summed E-state index contributed by atoms with van der Waals surface area (Å²) in [6.07, 6.45) is 1.92. The molecule has 0 aliphatic carbocycles. The molecule has 2 aromatic heterocycles. The maximum Gasteiger partial charge on any atom is 0.0802 e. The van der Waals surface area contributed by atoms with Gasteiger partial charge in [-0.15, -0.1) is 11.3 Å². The smallest absolute Gasteiger partial charge is 0.0802 e. The summed E-state index contributed by atoms with van der Waals surface area (Å²) >= 11 is 7.92. The number of methoxy groups -OCH3 is 1. The van der Waals surface area contributed by atoms with Crippen LogP contribution in [-0.2, 0) is 11.3 Å². The highest BCUT2D eigenvalue weighted by atomic mass is 35.5. The standard InChI is InChI=1S/C17H17ClN2OS/c1-21-8-7-19-10-12-5-6-15(20-11-12)16-9-13-3-2-4-14(18)17(13)22-16/h2-6,9,11,19H,7-8,10H2,1H3. The fourth-order valence-electron chi connectivity index (χ4n) is 2.24. The summed E-state index contributed by atoms with van der Waals surface area (Å²) in [6, 6.07) is 12.3. The van der Waals surface area contributed by atoms with Gasteiger partial charge in [0.15, 0.2) is 0 Å². The van der Waals surface area contributed by atoms with Gasteiger partial charge in [-0.1, -0.05) is 29.8 Å². The number of ether oxygens (including phenoxy) is 1. The summed E-state index contributed by atoms with van der Waals surface area (Å²) in [5, 5.41) is 5.28. The Kier molecular flexibility index (Phi) is 5.05. The fraction of sp³-hybridized carbons (Fsp3) is 0.235. The lowest BCUT2D eigenvalue weighted by Gasteiger charge is -2.04. The molecule has 0 saturated carbocycles. The normalized spacial score (nSPS) is 11.2. The lowest BCUT2D eigenvalue weighted by molar-refractivity contribution is 0.199. The lowest BCUT2D eigenvalue weighted by Crippen LogP contribution is -2.18. The molecule has 3 rings (SSSR count). The number of pyridine rings is 1. The zero-order valence-electron chi connectivity index (χ0n) is 12.3. The number of hydrogen-bond donors (Lipinski definition) is 1.